The Morgan fingerprint density at radius 2 is 1.74 bits per heavy atom. The molecule has 0 bridgehead atoms. The third kappa shape index (κ3) is 6.07. The SMILES string of the molecule is COC1CN(C2CCOC(C)C2O)CCO1.COc1cccc2c1C(=O)c1c(O)c3c(c(O)c1C2=O)CC(C(=O)NC1CC2(CNC2)C1)CC3. The number of rotatable bonds is 5. The van der Waals surface area contributed by atoms with Gasteiger partial charge in [0, 0.05) is 74.6 Å². The first-order valence-electron chi connectivity index (χ1n) is 17.6. The number of fused-ring (bicyclic) bond motifs is 3. The molecule has 3 aliphatic carbocycles. The minimum Gasteiger partial charge on any atom is -0.507 e. The highest BCUT2D eigenvalue weighted by molar-refractivity contribution is 6.31. The normalized spacial score (nSPS) is 28.6. The van der Waals surface area contributed by atoms with Crippen LogP contribution in [0.1, 0.15) is 75.6 Å². The molecule has 6 aliphatic rings. The van der Waals surface area contributed by atoms with Crippen LogP contribution in [0.15, 0.2) is 18.2 Å². The van der Waals surface area contributed by atoms with Crippen molar-refractivity contribution in [3.05, 3.63) is 51.6 Å². The fourth-order valence-corrected chi connectivity index (χ4v) is 8.64. The lowest BCUT2D eigenvalue weighted by Gasteiger charge is -2.54. The Kier molecular flexibility index (Phi) is 9.65. The first-order chi connectivity index (χ1) is 24.1. The fraction of sp³-hybridized carbons (Fsp3) is 0.595. The number of carbonyl (C=O) groups is 3. The van der Waals surface area contributed by atoms with Gasteiger partial charge in [-0.15, -0.1) is 0 Å². The molecule has 50 heavy (non-hydrogen) atoms. The minimum atomic E-state index is -0.554. The lowest BCUT2D eigenvalue weighted by Crippen LogP contribution is -2.65. The summed E-state index contributed by atoms with van der Waals surface area (Å²) in [4.78, 5) is 41.9. The Bertz CT molecular complexity index is 1670. The summed E-state index contributed by atoms with van der Waals surface area (Å²) in [6, 6.07) is 5.04. The zero-order valence-electron chi connectivity index (χ0n) is 28.8. The lowest BCUT2D eigenvalue weighted by molar-refractivity contribution is -0.190. The van der Waals surface area contributed by atoms with E-state index in [9.17, 15) is 29.7 Å². The van der Waals surface area contributed by atoms with Gasteiger partial charge in [-0.05, 0) is 56.9 Å². The number of aliphatic hydroxyl groups is 1. The van der Waals surface area contributed by atoms with Gasteiger partial charge in [0.2, 0.25) is 11.7 Å². The van der Waals surface area contributed by atoms with Crippen molar-refractivity contribution >= 4 is 17.5 Å². The quantitative estimate of drug-likeness (QED) is 0.245. The third-order valence-electron chi connectivity index (χ3n) is 11.6. The second-order valence-electron chi connectivity index (χ2n) is 14.6. The fourth-order valence-electron chi connectivity index (χ4n) is 8.64. The van der Waals surface area contributed by atoms with Crippen LogP contribution in [0.25, 0.3) is 0 Å². The topological polar surface area (TPSA) is 176 Å². The largest absolute Gasteiger partial charge is 0.507 e. The molecule has 4 fully saturated rings. The van der Waals surface area contributed by atoms with Crippen molar-refractivity contribution in [2.75, 3.05) is 53.6 Å². The van der Waals surface area contributed by atoms with Crippen molar-refractivity contribution < 1.29 is 48.7 Å². The second kappa shape index (κ2) is 13.9. The number of nitrogens with zero attached hydrogens (tertiary/aromatic N) is 1. The van der Waals surface area contributed by atoms with Crippen molar-refractivity contribution in [1.29, 1.82) is 0 Å². The molecule has 270 valence electrons. The van der Waals surface area contributed by atoms with Gasteiger partial charge in [-0.3, -0.25) is 19.3 Å². The number of ether oxygens (including phenoxy) is 4. The molecular formula is C37H47N3O10. The minimum absolute atomic E-state index is 0.0631. The molecule has 5 unspecified atom stereocenters. The Morgan fingerprint density at radius 3 is 2.44 bits per heavy atom. The highest BCUT2D eigenvalue weighted by Gasteiger charge is 2.49. The van der Waals surface area contributed by atoms with E-state index >= 15 is 0 Å². The molecule has 13 heteroatoms. The molecule has 13 nitrogen and oxygen atoms in total. The number of amides is 1. The highest BCUT2D eigenvalue weighted by Crippen LogP contribution is 2.48. The average Bonchev–Trinajstić information content (AvgIpc) is 3.10. The van der Waals surface area contributed by atoms with E-state index in [2.05, 4.69) is 15.5 Å². The van der Waals surface area contributed by atoms with Crippen LogP contribution in [0.3, 0.4) is 0 Å². The lowest BCUT2D eigenvalue weighted by atomic mass is 9.61. The van der Waals surface area contributed by atoms with E-state index in [-0.39, 0.29) is 82.2 Å². The zero-order valence-corrected chi connectivity index (χ0v) is 28.8. The van der Waals surface area contributed by atoms with Gasteiger partial charge in [-0.1, -0.05) is 12.1 Å². The maximum Gasteiger partial charge on any atom is 0.223 e. The number of benzene rings is 2. The van der Waals surface area contributed by atoms with Gasteiger partial charge in [-0.2, -0.15) is 0 Å². The predicted molar refractivity (Wildman–Crippen MR) is 180 cm³/mol. The smallest absolute Gasteiger partial charge is 0.223 e. The summed E-state index contributed by atoms with van der Waals surface area (Å²) in [7, 11) is 3.06. The summed E-state index contributed by atoms with van der Waals surface area (Å²) in [6.45, 7) is 6.91. The van der Waals surface area contributed by atoms with Crippen LogP contribution < -0.4 is 15.4 Å². The van der Waals surface area contributed by atoms with Gasteiger partial charge in [0.1, 0.15) is 17.2 Å². The van der Waals surface area contributed by atoms with Gasteiger partial charge in [-0.25, -0.2) is 0 Å². The number of aromatic hydroxyl groups is 2. The standard InChI is InChI=1S/C26H26N2O6.C11H21NO4/c1-34-17-4-2-3-15-18(17)24(32)20-19(22(15)30)23(31)16-7-12(5-6-14(16)21(20)29)25(33)28-13-8-26(9-13)10-27-11-26;1-8-11(13)9(3-5-15-8)12-4-6-16-10(7-12)14-2/h2-4,12-13,27,29,31H,5-11H2,1H3,(H,28,33);8-11,13H,3-7H2,1-2H3. The van der Waals surface area contributed by atoms with E-state index in [1.165, 1.54) is 13.2 Å². The van der Waals surface area contributed by atoms with Crippen LogP contribution in [0.5, 0.6) is 17.2 Å². The van der Waals surface area contributed by atoms with E-state index in [4.69, 9.17) is 18.9 Å². The van der Waals surface area contributed by atoms with Crippen LogP contribution in [0, 0.1) is 11.3 Å². The van der Waals surface area contributed by atoms with E-state index in [1.54, 1.807) is 19.2 Å². The summed E-state index contributed by atoms with van der Waals surface area (Å²) in [5, 5.41) is 38.7. The summed E-state index contributed by atoms with van der Waals surface area (Å²) in [5.41, 5.74) is 1.00. The number of morpholine rings is 1. The average molecular weight is 694 g/mol. The maximum atomic E-state index is 13.3. The van der Waals surface area contributed by atoms with Crippen molar-refractivity contribution in [3.8, 4) is 17.2 Å². The van der Waals surface area contributed by atoms with E-state index in [0.717, 1.165) is 52.0 Å². The number of phenols is 2. The predicted octanol–water partition coefficient (Wildman–Crippen LogP) is 1.68. The van der Waals surface area contributed by atoms with Gasteiger partial charge < -0.3 is 44.9 Å². The third-order valence-corrected chi connectivity index (χ3v) is 11.6. The zero-order chi connectivity index (χ0) is 35.3. The molecule has 0 radical (unpaired) electrons. The van der Waals surface area contributed by atoms with Gasteiger partial charge in [0.05, 0.1) is 42.6 Å². The van der Waals surface area contributed by atoms with Crippen LogP contribution in [-0.2, 0) is 31.8 Å². The van der Waals surface area contributed by atoms with Crippen LogP contribution >= 0.6 is 0 Å². The van der Waals surface area contributed by atoms with Crippen LogP contribution in [0.2, 0.25) is 0 Å². The molecule has 1 spiro atoms. The summed E-state index contributed by atoms with van der Waals surface area (Å²) in [5.74, 6) is -1.88. The summed E-state index contributed by atoms with van der Waals surface area (Å²) >= 11 is 0. The van der Waals surface area contributed by atoms with Gasteiger partial charge in [0.15, 0.2) is 12.1 Å². The van der Waals surface area contributed by atoms with Gasteiger partial charge in [0.25, 0.3) is 0 Å². The molecule has 8 rings (SSSR count). The molecule has 3 heterocycles. The molecule has 2 aromatic rings. The number of phenolic OH excluding ortho intramolecular Hbond substituents is 2. The number of ketones is 2. The molecule has 2 aromatic carbocycles. The molecule has 1 amide bonds. The molecule has 3 aliphatic heterocycles. The molecule has 3 saturated heterocycles. The van der Waals surface area contributed by atoms with E-state index < -0.39 is 17.7 Å². The van der Waals surface area contributed by atoms with Crippen LogP contribution in [-0.4, -0.2) is 122 Å². The first-order valence-corrected chi connectivity index (χ1v) is 17.6. The Morgan fingerprint density at radius 1 is 1.00 bits per heavy atom. The molecular weight excluding hydrogens is 646 g/mol. The van der Waals surface area contributed by atoms with Gasteiger partial charge >= 0.3 is 0 Å². The number of aliphatic hydroxyl groups excluding tert-OH is 1. The summed E-state index contributed by atoms with van der Waals surface area (Å²) in [6.07, 6.45) is 3.21. The monoisotopic (exact) mass is 693 g/mol. The van der Waals surface area contributed by atoms with Crippen LogP contribution in [0.4, 0.5) is 0 Å². The molecule has 5 N–H and O–H groups in total. The molecule has 5 atom stereocenters. The second-order valence-corrected chi connectivity index (χ2v) is 14.6. The number of hydrogen-bond acceptors (Lipinski definition) is 12. The Labute approximate surface area is 291 Å². The van der Waals surface area contributed by atoms with E-state index in [1.807, 2.05) is 6.92 Å². The number of nitrogens with one attached hydrogen (secondary N) is 2. The summed E-state index contributed by atoms with van der Waals surface area (Å²) < 4.78 is 21.3. The van der Waals surface area contributed by atoms with Crippen molar-refractivity contribution in [2.24, 2.45) is 11.3 Å². The Hall–Kier alpha value is -3.59. The number of hydrogen-bond donors (Lipinski definition) is 5. The highest BCUT2D eigenvalue weighted by atomic mass is 16.7. The van der Waals surface area contributed by atoms with Crippen molar-refractivity contribution in [3.63, 3.8) is 0 Å². The van der Waals surface area contributed by atoms with E-state index in [0.29, 0.717) is 36.0 Å². The number of carbonyl (C=O) groups excluding carboxylic acids is 3. The molecule has 1 saturated carbocycles. The van der Waals surface area contributed by atoms with Crippen molar-refractivity contribution in [2.45, 2.75) is 76.0 Å². The van der Waals surface area contributed by atoms with Crippen molar-refractivity contribution in [1.82, 2.24) is 15.5 Å². The maximum absolute atomic E-state index is 13.3. The first kappa shape index (κ1) is 34.8. The number of methoxy groups -OCH3 is 2. The Balaban J connectivity index is 0.000000206. The molecule has 0 aromatic heterocycles.